The number of ether oxygens (including phenoxy) is 3. The zero-order chi connectivity index (χ0) is 28.1. The molecule has 3 amide bonds. The highest BCUT2D eigenvalue weighted by Crippen LogP contribution is 2.39. The van der Waals surface area contributed by atoms with Crippen LogP contribution in [0.3, 0.4) is 0 Å². The predicted octanol–water partition coefficient (Wildman–Crippen LogP) is 3.30. The van der Waals surface area contributed by atoms with Gasteiger partial charge in [-0.3, -0.25) is 19.3 Å². The van der Waals surface area contributed by atoms with Gasteiger partial charge in [-0.15, -0.1) is 0 Å². The Hall–Kier alpha value is -4.32. The Morgan fingerprint density at radius 2 is 1.72 bits per heavy atom. The first kappa shape index (κ1) is 27.7. The maximum Gasteiger partial charge on any atom is 0.273 e. The average Bonchev–Trinajstić information content (AvgIpc) is 3.60. The van der Waals surface area contributed by atoms with Crippen LogP contribution in [0.25, 0.3) is 0 Å². The van der Waals surface area contributed by atoms with E-state index in [1.165, 1.54) is 26.2 Å². The number of methoxy groups -OCH3 is 3. The van der Waals surface area contributed by atoms with Gasteiger partial charge in [0.15, 0.2) is 5.69 Å². The van der Waals surface area contributed by atoms with Crippen molar-refractivity contribution in [1.82, 2.24) is 9.69 Å². The van der Waals surface area contributed by atoms with E-state index >= 15 is 0 Å². The summed E-state index contributed by atoms with van der Waals surface area (Å²) in [6.07, 6.45) is 3.68. The molecule has 1 aliphatic rings. The molecule has 1 heterocycles. The number of nitrogens with zero attached hydrogens (tertiary/aromatic N) is 2. The molecule has 0 spiro atoms. The third kappa shape index (κ3) is 5.75. The lowest BCUT2D eigenvalue weighted by Gasteiger charge is -2.33. The van der Waals surface area contributed by atoms with Crippen molar-refractivity contribution in [3.8, 4) is 17.2 Å². The van der Waals surface area contributed by atoms with Crippen LogP contribution in [-0.2, 0) is 4.79 Å². The van der Waals surface area contributed by atoms with E-state index in [0.29, 0.717) is 28.5 Å². The molecule has 206 valence electrons. The fraction of sp³-hybridized carbons (Fsp3) is 0.333. The monoisotopic (exact) mass is 553 g/mol. The normalized spacial score (nSPS) is 13.9. The zero-order valence-electron chi connectivity index (χ0n) is 21.9. The van der Waals surface area contributed by atoms with Crippen molar-refractivity contribution in [2.24, 2.45) is 5.73 Å². The molecule has 0 unspecified atom stereocenters. The van der Waals surface area contributed by atoms with E-state index in [-0.39, 0.29) is 22.3 Å². The Morgan fingerprint density at radius 3 is 2.33 bits per heavy atom. The van der Waals surface area contributed by atoms with Crippen LogP contribution in [0.15, 0.2) is 42.5 Å². The third-order valence-electron chi connectivity index (χ3n) is 6.65. The summed E-state index contributed by atoms with van der Waals surface area (Å²) < 4.78 is 20.5. The van der Waals surface area contributed by atoms with E-state index in [1.807, 2.05) is 0 Å². The Labute approximate surface area is 230 Å². The molecule has 0 bridgehead atoms. The molecule has 4 rings (SSSR count). The van der Waals surface area contributed by atoms with Crippen LogP contribution in [0.1, 0.15) is 57.4 Å². The van der Waals surface area contributed by atoms with Gasteiger partial charge in [0.2, 0.25) is 5.91 Å². The number of hydrogen-bond donors (Lipinski definition) is 3. The van der Waals surface area contributed by atoms with E-state index in [2.05, 4.69) is 9.69 Å². The Kier molecular flexibility index (Phi) is 8.55. The number of carbonyl (C=O) groups excluding carboxylic acids is 3. The summed E-state index contributed by atoms with van der Waals surface area (Å²) in [5.41, 5.74) is 11.9. The minimum absolute atomic E-state index is 0.0335. The van der Waals surface area contributed by atoms with Crippen molar-refractivity contribution in [2.75, 3.05) is 32.0 Å². The molecular formula is C27H31N5O6S. The quantitative estimate of drug-likeness (QED) is 0.345. The molecular weight excluding hydrogens is 522 g/mol. The van der Waals surface area contributed by atoms with Crippen molar-refractivity contribution in [3.63, 3.8) is 0 Å². The van der Waals surface area contributed by atoms with Crippen LogP contribution >= 0.6 is 11.5 Å². The maximum absolute atomic E-state index is 14.3. The molecule has 12 heteroatoms. The highest BCUT2D eigenvalue weighted by molar-refractivity contribution is 7.09. The minimum atomic E-state index is -1.21. The number of aromatic nitrogens is 1. The summed E-state index contributed by atoms with van der Waals surface area (Å²) in [4.78, 5) is 41.5. The second-order valence-corrected chi connectivity index (χ2v) is 9.79. The standard InChI is InChI=1S/C27H31N5O6S/c1-36-17-10-6-9-16(13-17)32(27(35)24-21(28)22(25(29)33)31-39-24)23(26(34)30-15-7-4-5-8-15)19-14-18(37-2)11-12-20(19)38-3/h6,9-15,23H,4-5,7-8,28H2,1-3H3,(H2,29,33)(H,30,34)/t23-/m0/s1. The number of benzene rings is 2. The fourth-order valence-corrected chi connectivity index (χ4v) is 5.43. The van der Waals surface area contributed by atoms with Gasteiger partial charge in [-0.1, -0.05) is 18.9 Å². The molecule has 0 aliphatic heterocycles. The smallest absolute Gasteiger partial charge is 0.273 e. The number of hydrogen-bond acceptors (Lipinski definition) is 9. The first-order valence-electron chi connectivity index (χ1n) is 12.3. The van der Waals surface area contributed by atoms with Crippen molar-refractivity contribution in [1.29, 1.82) is 0 Å². The summed E-state index contributed by atoms with van der Waals surface area (Å²) in [7, 11) is 4.49. The van der Waals surface area contributed by atoms with Crippen LogP contribution in [0, 0.1) is 0 Å². The SMILES string of the molecule is COc1cccc(N(C(=O)c2snc(C(N)=O)c2N)[C@H](C(=O)NC2CCCC2)c2cc(OC)ccc2OC)c1. The lowest BCUT2D eigenvalue weighted by molar-refractivity contribution is -0.123. The number of anilines is 2. The number of rotatable bonds is 10. The van der Waals surface area contributed by atoms with Gasteiger partial charge in [0, 0.05) is 23.4 Å². The van der Waals surface area contributed by atoms with Crippen LogP contribution in [0.5, 0.6) is 17.2 Å². The van der Waals surface area contributed by atoms with Gasteiger partial charge >= 0.3 is 0 Å². The van der Waals surface area contributed by atoms with Crippen LogP contribution in [0.2, 0.25) is 0 Å². The van der Waals surface area contributed by atoms with Gasteiger partial charge in [0.1, 0.15) is 28.2 Å². The van der Waals surface area contributed by atoms with E-state index < -0.39 is 23.8 Å². The molecule has 5 N–H and O–H groups in total. The molecule has 2 aromatic carbocycles. The summed E-state index contributed by atoms with van der Waals surface area (Å²) >= 11 is 0.734. The number of nitrogens with two attached hydrogens (primary N) is 2. The van der Waals surface area contributed by atoms with Crippen molar-refractivity contribution in [2.45, 2.75) is 37.8 Å². The average molecular weight is 554 g/mol. The van der Waals surface area contributed by atoms with Crippen molar-refractivity contribution >= 4 is 40.6 Å². The maximum atomic E-state index is 14.3. The van der Waals surface area contributed by atoms with Crippen molar-refractivity contribution in [3.05, 3.63) is 58.6 Å². The largest absolute Gasteiger partial charge is 0.497 e. The van der Waals surface area contributed by atoms with E-state index in [4.69, 9.17) is 25.7 Å². The first-order chi connectivity index (χ1) is 18.8. The molecule has 11 nitrogen and oxygen atoms in total. The fourth-order valence-electron chi connectivity index (χ4n) is 4.68. The predicted molar refractivity (Wildman–Crippen MR) is 148 cm³/mol. The second-order valence-electron chi connectivity index (χ2n) is 9.02. The summed E-state index contributed by atoms with van der Waals surface area (Å²) in [6, 6.07) is 10.5. The van der Waals surface area contributed by atoms with Gasteiger partial charge in [0.25, 0.3) is 11.8 Å². The van der Waals surface area contributed by atoms with Gasteiger partial charge in [-0.2, -0.15) is 4.37 Å². The summed E-state index contributed by atoms with van der Waals surface area (Å²) in [6.45, 7) is 0. The first-order valence-corrected chi connectivity index (χ1v) is 13.1. The minimum Gasteiger partial charge on any atom is -0.497 e. The molecule has 1 aromatic heterocycles. The number of amides is 3. The molecule has 3 aromatic rings. The molecule has 1 fully saturated rings. The van der Waals surface area contributed by atoms with Crippen LogP contribution in [0.4, 0.5) is 11.4 Å². The van der Waals surface area contributed by atoms with Crippen LogP contribution in [-0.4, -0.2) is 49.5 Å². The molecule has 39 heavy (non-hydrogen) atoms. The van der Waals surface area contributed by atoms with E-state index in [0.717, 1.165) is 37.2 Å². The van der Waals surface area contributed by atoms with Crippen molar-refractivity contribution < 1.29 is 28.6 Å². The molecule has 1 atom stereocenters. The Bertz CT molecular complexity index is 1370. The lowest BCUT2D eigenvalue weighted by atomic mass is 10.00. The molecule has 0 radical (unpaired) electrons. The van der Waals surface area contributed by atoms with Gasteiger partial charge in [-0.05, 0) is 54.7 Å². The van der Waals surface area contributed by atoms with E-state index in [9.17, 15) is 14.4 Å². The third-order valence-corrected chi connectivity index (χ3v) is 7.50. The molecule has 0 saturated heterocycles. The number of nitrogens with one attached hydrogen (secondary N) is 1. The van der Waals surface area contributed by atoms with Gasteiger partial charge in [-0.25, -0.2) is 0 Å². The lowest BCUT2D eigenvalue weighted by Crippen LogP contribution is -2.46. The summed E-state index contributed by atoms with van der Waals surface area (Å²) in [5, 5.41) is 3.11. The van der Waals surface area contributed by atoms with E-state index in [1.54, 1.807) is 42.5 Å². The Balaban J connectivity index is 1.94. The molecule has 1 aliphatic carbocycles. The number of primary amides is 1. The topological polar surface area (TPSA) is 159 Å². The second kappa shape index (κ2) is 12.0. The Morgan fingerprint density at radius 1 is 1.03 bits per heavy atom. The highest BCUT2D eigenvalue weighted by Gasteiger charge is 2.39. The summed E-state index contributed by atoms with van der Waals surface area (Å²) in [5.74, 6) is -0.618. The zero-order valence-corrected chi connectivity index (χ0v) is 22.7. The number of nitrogen functional groups attached to an aromatic ring is 1. The van der Waals surface area contributed by atoms with Crippen LogP contribution < -0.4 is 35.9 Å². The number of carbonyl (C=O) groups is 3. The van der Waals surface area contributed by atoms with Gasteiger partial charge in [0.05, 0.1) is 27.0 Å². The highest BCUT2D eigenvalue weighted by atomic mass is 32.1. The molecule has 1 saturated carbocycles. The van der Waals surface area contributed by atoms with Gasteiger partial charge < -0.3 is 31.0 Å².